The fraction of sp³-hybridized carbons (Fsp3) is 0.611. The Labute approximate surface area is 128 Å². The van der Waals surface area contributed by atoms with Gasteiger partial charge in [0.15, 0.2) is 0 Å². The minimum Gasteiger partial charge on any atom is -0.340 e. The van der Waals surface area contributed by atoms with Crippen molar-refractivity contribution in [2.45, 2.75) is 40.2 Å². The van der Waals surface area contributed by atoms with Crippen LogP contribution in [0.2, 0.25) is 0 Å². The zero-order chi connectivity index (χ0) is 15.5. The molecule has 0 saturated carbocycles. The number of benzene rings is 1. The normalized spacial score (nSPS) is 20.9. The Morgan fingerprint density at radius 3 is 2.48 bits per heavy atom. The molecule has 0 aromatic heterocycles. The van der Waals surface area contributed by atoms with E-state index in [1.165, 1.54) is 5.56 Å². The van der Waals surface area contributed by atoms with Crippen LogP contribution in [0, 0.1) is 11.3 Å². The number of carbonyl (C=O) groups is 1. The fourth-order valence-corrected chi connectivity index (χ4v) is 2.97. The predicted molar refractivity (Wildman–Crippen MR) is 87.0 cm³/mol. The van der Waals surface area contributed by atoms with Gasteiger partial charge >= 0.3 is 0 Å². The minimum absolute atomic E-state index is 0.199. The molecule has 2 unspecified atom stereocenters. The van der Waals surface area contributed by atoms with Crippen molar-refractivity contribution in [3.05, 3.63) is 35.9 Å². The second-order valence-corrected chi connectivity index (χ2v) is 7.09. The molecule has 116 valence electrons. The fourth-order valence-electron chi connectivity index (χ4n) is 2.97. The molecule has 3 nitrogen and oxygen atoms in total. The van der Waals surface area contributed by atoms with Gasteiger partial charge in [0.25, 0.3) is 0 Å². The second-order valence-electron chi connectivity index (χ2n) is 7.09. The number of hydrogen-bond donors (Lipinski definition) is 1. The SMILES string of the molecule is CCNC(CN1CC(C(C)(C)C)CC1=O)c1ccccc1. The van der Waals surface area contributed by atoms with Gasteiger partial charge in [-0.2, -0.15) is 0 Å². The number of amides is 1. The third-order valence-electron chi connectivity index (χ3n) is 4.49. The van der Waals surface area contributed by atoms with Crippen molar-refractivity contribution in [3.8, 4) is 0 Å². The lowest BCUT2D eigenvalue weighted by Crippen LogP contribution is -2.36. The van der Waals surface area contributed by atoms with E-state index in [-0.39, 0.29) is 11.5 Å². The maximum absolute atomic E-state index is 12.3. The molecule has 2 atom stereocenters. The molecule has 1 aromatic carbocycles. The van der Waals surface area contributed by atoms with E-state index in [1.54, 1.807) is 0 Å². The maximum Gasteiger partial charge on any atom is 0.223 e. The summed E-state index contributed by atoms with van der Waals surface area (Å²) in [6.45, 7) is 11.4. The van der Waals surface area contributed by atoms with Gasteiger partial charge in [0.1, 0.15) is 0 Å². The zero-order valence-corrected chi connectivity index (χ0v) is 13.7. The van der Waals surface area contributed by atoms with Crippen molar-refractivity contribution in [2.75, 3.05) is 19.6 Å². The zero-order valence-electron chi connectivity index (χ0n) is 13.7. The summed E-state index contributed by atoms with van der Waals surface area (Å²) in [5.74, 6) is 0.761. The highest BCUT2D eigenvalue weighted by Gasteiger charge is 2.37. The molecule has 0 spiro atoms. The molecular weight excluding hydrogens is 260 g/mol. The lowest BCUT2D eigenvalue weighted by Gasteiger charge is -2.28. The van der Waals surface area contributed by atoms with Crippen molar-refractivity contribution < 1.29 is 4.79 Å². The molecule has 2 rings (SSSR count). The van der Waals surface area contributed by atoms with Crippen molar-refractivity contribution >= 4 is 5.91 Å². The third kappa shape index (κ3) is 4.07. The Balaban J connectivity index is 2.06. The summed E-state index contributed by atoms with van der Waals surface area (Å²) in [6.07, 6.45) is 0.692. The molecule has 0 aliphatic carbocycles. The van der Waals surface area contributed by atoms with E-state index in [1.807, 2.05) is 11.0 Å². The van der Waals surface area contributed by atoms with Crippen LogP contribution < -0.4 is 5.32 Å². The van der Waals surface area contributed by atoms with Gasteiger partial charge in [-0.25, -0.2) is 0 Å². The largest absolute Gasteiger partial charge is 0.340 e. The first-order valence-electron chi connectivity index (χ1n) is 7.98. The van der Waals surface area contributed by atoms with E-state index in [0.29, 0.717) is 18.2 Å². The van der Waals surface area contributed by atoms with Crippen LogP contribution in [-0.2, 0) is 4.79 Å². The summed E-state index contributed by atoms with van der Waals surface area (Å²) in [4.78, 5) is 14.3. The van der Waals surface area contributed by atoms with Crippen LogP contribution in [-0.4, -0.2) is 30.4 Å². The van der Waals surface area contributed by atoms with Crippen LogP contribution in [0.5, 0.6) is 0 Å². The van der Waals surface area contributed by atoms with E-state index in [0.717, 1.165) is 19.6 Å². The first kappa shape index (κ1) is 16.0. The average Bonchev–Trinajstić information content (AvgIpc) is 2.81. The predicted octanol–water partition coefficient (Wildman–Crippen LogP) is 3.23. The van der Waals surface area contributed by atoms with E-state index in [2.05, 4.69) is 57.3 Å². The van der Waals surface area contributed by atoms with Crippen molar-refractivity contribution in [1.29, 1.82) is 0 Å². The van der Waals surface area contributed by atoms with Crippen molar-refractivity contribution in [2.24, 2.45) is 11.3 Å². The van der Waals surface area contributed by atoms with E-state index >= 15 is 0 Å². The van der Waals surface area contributed by atoms with Gasteiger partial charge in [-0.15, -0.1) is 0 Å². The number of rotatable bonds is 5. The number of hydrogen-bond acceptors (Lipinski definition) is 2. The summed E-state index contributed by atoms with van der Waals surface area (Å²) in [7, 11) is 0. The monoisotopic (exact) mass is 288 g/mol. The van der Waals surface area contributed by atoms with E-state index < -0.39 is 0 Å². The molecule has 1 fully saturated rings. The molecule has 3 heteroatoms. The second kappa shape index (κ2) is 6.61. The molecule has 1 aliphatic rings. The molecule has 1 aliphatic heterocycles. The lowest BCUT2D eigenvalue weighted by molar-refractivity contribution is -0.128. The molecule has 1 N–H and O–H groups in total. The van der Waals surface area contributed by atoms with Crippen LogP contribution in [0.15, 0.2) is 30.3 Å². The van der Waals surface area contributed by atoms with Crippen LogP contribution in [0.1, 0.15) is 45.7 Å². The average molecular weight is 288 g/mol. The third-order valence-corrected chi connectivity index (χ3v) is 4.49. The number of nitrogens with one attached hydrogen (secondary N) is 1. The highest BCUT2D eigenvalue weighted by molar-refractivity contribution is 5.78. The summed E-state index contributed by atoms with van der Waals surface area (Å²) in [6, 6.07) is 10.6. The minimum atomic E-state index is 0.199. The topological polar surface area (TPSA) is 32.3 Å². The van der Waals surface area contributed by atoms with Gasteiger partial charge in [0, 0.05) is 25.6 Å². The van der Waals surface area contributed by atoms with Gasteiger partial charge in [-0.1, -0.05) is 58.0 Å². The first-order chi connectivity index (χ1) is 9.91. The van der Waals surface area contributed by atoms with Gasteiger partial charge in [-0.3, -0.25) is 4.79 Å². The summed E-state index contributed by atoms with van der Waals surface area (Å²) in [5, 5.41) is 3.51. The molecule has 21 heavy (non-hydrogen) atoms. The van der Waals surface area contributed by atoms with Crippen LogP contribution in [0.4, 0.5) is 0 Å². The maximum atomic E-state index is 12.3. The molecule has 1 heterocycles. The number of likely N-dealkylation sites (N-methyl/N-ethyl adjacent to an activating group) is 1. The van der Waals surface area contributed by atoms with Crippen molar-refractivity contribution in [1.82, 2.24) is 10.2 Å². The van der Waals surface area contributed by atoms with Crippen molar-refractivity contribution in [3.63, 3.8) is 0 Å². The van der Waals surface area contributed by atoms with Crippen LogP contribution >= 0.6 is 0 Å². The molecule has 1 saturated heterocycles. The van der Waals surface area contributed by atoms with Crippen LogP contribution in [0.3, 0.4) is 0 Å². The van der Waals surface area contributed by atoms with E-state index in [4.69, 9.17) is 0 Å². The smallest absolute Gasteiger partial charge is 0.223 e. The summed E-state index contributed by atoms with van der Waals surface area (Å²) < 4.78 is 0. The Morgan fingerprint density at radius 1 is 1.29 bits per heavy atom. The standard InChI is InChI=1S/C18H28N2O/c1-5-19-16(14-9-7-6-8-10-14)13-20-12-15(11-17(20)21)18(2,3)4/h6-10,15-16,19H,5,11-13H2,1-4H3. The Kier molecular flexibility index (Phi) is 5.04. The lowest BCUT2D eigenvalue weighted by atomic mass is 9.80. The Hall–Kier alpha value is -1.35. The van der Waals surface area contributed by atoms with E-state index in [9.17, 15) is 4.79 Å². The Bertz CT molecular complexity index is 464. The van der Waals surface area contributed by atoms with Gasteiger partial charge in [0.2, 0.25) is 5.91 Å². The molecule has 1 aromatic rings. The first-order valence-corrected chi connectivity index (χ1v) is 7.98. The van der Waals surface area contributed by atoms with Crippen LogP contribution in [0.25, 0.3) is 0 Å². The molecule has 0 radical (unpaired) electrons. The highest BCUT2D eigenvalue weighted by Crippen LogP contribution is 2.34. The summed E-state index contributed by atoms with van der Waals surface area (Å²) >= 11 is 0. The van der Waals surface area contributed by atoms with Gasteiger partial charge in [-0.05, 0) is 23.4 Å². The number of likely N-dealkylation sites (tertiary alicyclic amines) is 1. The number of nitrogens with zero attached hydrogens (tertiary/aromatic N) is 1. The Morgan fingerprint density at radius 2 is 1.95 bits per heavy atom. The quantitative estimate of drug-likeness (QED) is 0.902. The number of carbonyl (C=O) groups excluding carboxylic acids is 1. The summed E-state index contributed by atoms with van der Waals surface area (Å²) in [5.41, 5.74) is 1.46. The molecular formula is C18H28N2O. The van der Waals surface area contributed by atoms with Gasteiger partial charge in [0.05, 0.1) is 0 Å². The van der Waals surface area contributed by atoms with Gasteiger partial charge < -0.3 is 10.2 Å². The highest BCUT2D eigenvalue weighted by atomic mass is 16.2. The molecule has 0 bridgehead atoms. The molecule has 1 amide bonds.